The van der Waals surface area contributed by atoms with Crippen LogP contribution in [0, 0.1) is 27.7 Å². The first-order valence-corrected chi connectivity index (χ1v) is 31.7. The van der Waals surface area contributed by atoms with Crippen molar-refractivity contribution in [2.45, 2.75) is 119 Å². The van der Waals surface area contributed by atoms with Crippen molar-refractivity contribution in [3.8, 4) is 44.5 Å². The Morgan fingerprint density at radius 1 is 0.406 bits per heavy atom. The van der Waals surface area contributed by atoms with Gasteiger partial charge in [0.2, 0.25) is 0 Å². The van der Waals surface area contributed by atoms with Gasteiger partial charge in [-0.3, -0.25) is 0 Å². The van der Waals surface area contributed by atoms with Crippen molar-refractivity contribution in [2.75, 3.05) is 0 Å². The molecule has 0 aliphatic carbocycles. The molecule has 0 aromatic heterocycles. The second kappa shape index (κ2) is 27.0. The number of benzene rings is 6. The Morgan fingerprint density at radius 2 is 0.672 bits per heavy atom. The molecule has 0 N–H and O–H groups in total. The standard InChI is InChI=1S/2C29H31.C2H6Si.2ClH.Zr/c2*1-4-5-6-7-8-23-19-28-26(24-13-9-21(2)10-14-24)17-18-27(29(28)20-23)25-15-11-22(3)12-16-25;1-3-2;;;/h2*9-20H,4-8H2,1-3H3;1-2H3;2*1H;/q2*-1;;;;+4/p-2. The third-order valence-electron chi connectivity index (χ3n) is 12.0. The third kappa shape index (κ3) is 14.6. The van der Waals surface area contributed by atoms with Gasteiger partial charge in [-0.2, -0.15) is 12.1 Å². The molecule has 330 valence electrons. The molecule has 0 bridgehead atoms. The average molecular weight is 979 g/mol. The van der Waals surface area contributed by atoms with Gasteiger partial charge in [-0.15, -0.1) is 44.8 Å². The van der Waals surface area contributed by atoms with Crippen LogP contribution >= 0.6 is 17.0 Å². The van der Waals surface area contributed by atoms with Crippen molar-refractivity contribution in [3.05, 3.63) is 179 Å². The fourth-order valence-corrected chi connectivity index (χ4v) is 8.46. The molecule has 0 saturated carbocycles. The maximum atomic E-state index is 4.93. The van der Waals surface area contributed by atoms with Crippen molar-refractivity contribution in [2.24, 2.45) is 0 Å². The molecule has 8 aromatic carbocycles. The van der Waals surface area contributed by atoms with Crippen LogP contribution in [0.4, 0.5) is 0 Å². The van der Waals surface area contributed by atoms with Gasteiger partial charge < -0.3 is 0 Å². The molecule has 0 heterocycles. The average Bonchev–Trinajstić information content (AvgIpc) is 3.93. The first-order chi connectivity index (χ1) is 31.1. The molecule has 4 heteroatoms. The summed E-state index contributed by atoms with van der Waals surface area (Å²) in [5.74, 6) is 0. The van der Waals surface area contributed by atoms with Gasteiger partial charge in [0.05, 0.1) is 0 Å². The Bertz CT molecular complexity index is 2230. The van der Waals surface area contributed by atoms with E-state index < -0.39 is 20.8 Å². The predicted molar refractivity (Wildman–Crippen MR) is 285 cm³/mol. The van der Waals surface area contributed by atoms with Crippen LogP contribution < -0.4 is 0 Å². The topological polar surface area (TPSA) is 0 Å². The van der Waals surface area contributed by atoms with Crippen LogP contribution in [0.5, 0.6) is 0 Å². The van der Waals surface area contributed by atoms with Crippen molar-refractivity contribution < 1.29 is 20.8 Å². The summed E-state index contributed by atoms with van der Waals surface area (Å²) in [6.45, 7) is 17.5. The van der Waals surface area contributed by atoms with E-state index in [0.717, 1.165) is 9.52 Å². The summed E-state index contributed by atoms with van der Waals surface area (Å²) in [7, 11) is 11.0. The molecule has 0 atom stereocenters. The minimum absolute atomic E-state index is 0.826. The number of fused-ring (bicyclic) bond motifs is 2. The Hall–Kier alpha value is -3.78. The van der Waals surface area contributed by atoms with Crippen LogP contribution in [0.3, 0.4) is 0 Å². The van der Waals surface area contributed by atoms with Gasteiger partial charge in [0.1, 0.15) is 0 Å². The Balaban J connectivity index is 0.000000215. The quantitative estimate of drug-likeness (QED) is 0.0579. The Labute approximate surface area is 408 Å². The third-order valence-corrected chi connectivity index (χ3v) is 12.0. The molecular formula is C60H68Cl2SiZr. The molecule has 8 aromatic rings. The minimum atomic E-state index is -0.826. The van der Waals surface area contributed by atoms with E-state index in [0.29, 0.717) is 0 Å². The normalized spacial score (nSPS) is 10.7. The van der Waals surface area contributed by atoms with E-state index in [1.54, 1.807) is 0 Å². The summed E-state index contributed by atoms with van der Waals surface area (Å²) < 4.78 is 0. The van der Waals surface area contributed by atoms with Gasteiger partial charge >= 0.3 is 37.9 Å². The Morgan fingerprint density at radius 3 is 0.953 bits per heavy atom. The van der Waals surface area contributed by atoms with E-state index in [-0.39, 0.29) is 0 Å². The molecule has 0 saturated heterocycles. The predicted octanol–water partition coefficient (Wildman–Crippen LogP) is 19.4. The number of aryl methyl sites for hydroxylation is 6. The molecule has 0 amide bonds. The van der Waals surface area contributed by atoms with Crippen LogP contribution in [0.2, 0.25) is 13.1 Å². The van der Waals surface area contributed by atoms with Gasteiger partial charge in [-0.1, -0.05) is 255 Å². The molecule has 0 fully saturated rings. The van der Waals surface area contributed by atoms with Crippen LogP contribution in [-0.2, 0) is 33.7 Å². The number of unbranched alkanes of at least 4 members (excludes halogenated alkanes) is 6. The molecule has 8 rings (SSSR count). The number of halogens is 2. The molecule has 0 aliphatic rings. The fraction of sp³-hybridized carbons (Fsp3) is 0.300. The summed E-state index contributed by atoms with van der Waals surface area (Å²) in [5, 5.41) is 5.55. The second-order valence-corrected chi connectivity index (χ2v) is 22.1. The molecular weight excluding hydrogens is 911 g/mol. The number of hydrogen-bond donors (Lipinski definition) is 0. The zero-order valence-corrected chi connectivity index (χ0v) is 44.7. The Kier molecular flexibility index (Phi) is 21.6. The zero-order chi connectivity index (χ0) is 45.8. The fourth-order valence-electron chi connectivity index (χ4n) is 8.46. The van der Waals surface area contributed by atoms with Crippen LogP contribution in [0.15, 0.2) is 146 Å². The van der Waals surface area contributed by atoms with Gasteiger partial charge in [-0.25, -0.2) is 0 Å². The van der Waals surface area contributed by atoms with Crippen LogP contribution in [0.25, 0.3) is 66.1 Å². The van der Waals surface area contributed by atoms with Gasteiger partial charge in [0.15, 0.2) is 0 Å². The molecule has 0 aliphatic heterocycles. The maximum absolute atomic E-state index is 4.93. The first-order valence-electron chi connectivity index (χ1n) is 23.4. The van der Waals surface area contributed by atoms with E-state index in [1.807, 2.05) is 0 Å². The van der Waals surface area contributed by atoms with Crippen LogP contribution in [0.1, 0.15) is 98.6 Å². The summed E-state index contributed by atoms with van der Waals surface area (Å²) in [6, 6.07) is 54.7. The first kappa shape index (κ1) is 51.2. The number of hydrogen-bond acceptors (Lipinski definition) is 0. The molecule has 0 unspecified atom stereocenters. The van der Waals surface area contributed by atoms with E-state index in [1.165, 1.54) is 164 Å². The van der Waals surface area contributed by atoms with Gasteiger partial charge in [0, 0.05) is 9.52 Å². The van der Waals surface area contributed by atoms with Crippen molar-refractivity contribution in [3.63, 3.8) is 0 Å². The molecule has 0 nitrogen and oxygen atoms in total. The SMILES string of the molecule is CCCCCCc1cc2c(-c3ccc(C)cc3)ccc(-c3ccc(C)cc3)c2[cH-]1.CCCCCCc1cc2c(-c3ccc(C)cc3)ccc(-c3ccc(C)cc3)c2[cH-]1.C[Si]C.[Cl][Zr+2][Cl]. The van der Waals surface area contributed by atoms with Gasteiger partial charge in [-0.05, 0) is 51.7 Å². The zero-order valence-electron chi connectivity index (χ0n) is 39.7. The van der Waals surface area contributed by atoms with Crippen molar-refractivity contribution in [1.29, 1.82) is 0 Å². The molecule has 0 spiro atoms. The summed E-state index contributed by atoms with van der Waals surface area (Å²) in [6.07, 6.45) is 12.8. The summed E-state index contributed by atoms with van der Waals surface area (Å²) >= 11 is -0.826. The van der Waals surface area contributed by atoms with Crippen LogP contribution in [-0.4, -0.2) is 9.52 Å². The van der Waals surface area contributed by atoms with Crippen molar-refractivity contribution in [1.82, 2.24) is 0 Å². The second-order valence-electron chi connectivity index (χ2n) is 17.4. The summed E-state index contributed by atoms with van der Waals surface area (Å²) in [5.41, 5.74) is 18.8. The molecule has 64 heavy (non-hydrogen) atoms. The van der Waals surface area contributed by atoms with Crippen molar-refractivity contribution >= 4 is 48.1 Å². The van der Waals surface area contributed by atoms with E-state index in [4.69, 9.17) is 17.0 Å². The van der Waals surface area contributed by atoms with E-state index in [2.05, 4.69) is 200 Å². The van der Waals surface area contributed by atoms with E-state index >= 15 is 0 Å². The van der Waals surface area contributed by atoms with E-state index in [9.17, 15) is 0 Å². The number of rotatable bonds is 14. The van der Waals surface area contributed by atoms with Gasteiger partial charge in [0.25, 0.3) is 0 Å². The summed E-state index contributed by atoms with van der Waals surface area (Å²) in [4.78, 5) is 0. The monoisotopic (exact) mass is 976 g/mol. The molecule has 2 radical (unpaired) electrons.